The van der Waals surface area contributed by atoms with Gasteiger partial charge in [0.2, 0.25) is 16.0 Å². The first-order valence-corrected chi connectivity index (χ1v) is 12.1. The number of nitrogens with one attached hydrogen (secondary N) is 1. The summed E-state index contributed by atoms with van der Waals surface area (Å²) in [7, 11) is 0. The monoisotopic (exact) mass is 432 g/mol. The van der Waals surface area contributed by atoms with Crippen LogP contribution in [0, 0.1) is 5.92 Å². The third-order valence-electron chi connectivity index (χ3n) is 6.43. The molecule has 8 nitrogen and oxygen atoms in total. The molecule has 2 aromatic rings. The summed E-state index contributed by atoms with van der Waals surface area (Å²) in [6, 6.07) is 0. The van der Waals surface area contributed by atoms with Gasteiger partial charge in [-0.15, -0.1) is 5.10 Å². The minimum Gasteiger partial charge on any atom is -0.355 e. The Hall–Kier alpha value is -2.00. The molecule has 1 amide bonds. The topological polar surface area (TPSA) is 82.8 Å². The van der Waals surface area contributed by atoms with Gasteiger partial charge in [-0.1, -0.05) is 25.2 Å². The van der Waals surface area contributed by atoms with Crippen molar-refractivity contribution in [2.75, 3.05) is 44.2 Å². The first-order valence-electron chi connectivity index (χ1n) is 11.3. The first-order chi connectivity index (χ1) is 14.6. The van der Waals surface area contributed by atoms with Gasteiger partial charge in [0.05, 0.1) is 5.69 Å². The molecule has 1 aliphatic heterocycles. The van der Waals surface area contributed by atoms with E-state index in [0.29, 0.717) is 11.5 Å². The van der Waals surface area contributed by atoms with Crippen LogP contribution in [0.15, 0.2) is 4.79 Å². The lowest BCUT2D eigenvalue weighted by Gasteiger charge is -2.30. The van der Waals surface area contributed by atoms with E-state index in [4.69, 9.17) is 4.98 Å². The van der Waals surface area contributed by atoms with E-state index >= 15 is 0 Å². The van der Waals surface area contributed by atoms with E-state index in [1.54, 1.807) is 0 Å². The molecule has 2 aliphatic rings. The standard InChI is InChI=1S/C21H32N6O2S/c1-3-25(4-2)14-11-22-18(28)15-9-12-26(13-10-15)21-24-27-19(29)16-7-5-6-8-17(16)23-20(27)30-21/h15H,3-14H2,1-2H3,(H,22,28). The molecule has 9 heteroatoms. The van der Waals surface area contributed by atoms with Crippen LogP contribution in [-0.4, -0.2) is 64.7 Å². The second-order valence-corrected chi connectivity index (χ2v) is 9.14. The number of amides is 1. The number of carbonyl (C=O) groups excluding carboxylic acids is 1. The quantitative estimate of drug-likeness (QED) is 0.717. The summed E-state index contributed by atoms with van der Waals surface area (Å²) in [5, 5.41) is 8.52. The minimum atomic E-state index is -0.000309. The summed E-state index contributed by atoms with van der Waals surface area (Å²) in [5.41, 5.74) is 1.80. The molecule has 0 aromatic carbocycles. The lowest BCUT2D eigenvalue weighted by molar-refractivity contribution is -0.125. The Morgan fingerprint density at radius 3 is 2.67 bits per heavy atom. The summed E-state index contributed by atoms with van der Waals surface area (Å²) >= 11 is 1.48. The molecule has 164 valence electrons. The average molecular weight is 433 g/mol. The van der Waals surface area contributed by atoms with Gasteiger partial charge < -0.3 is 15.1 Å². The molecule has 0 bridgehead atoms. The Bertz CT molecular complexity index is 943. The van der Waals surface area contributed by atoms with Crippen molar-refractivity contribution in [3.63, 3.8) is 0 Å². The highest BCUT2D eigenvalue weighted by molar-refractivity contribution is 7.20. The summed E-state index contributed by atoms with van der Waals surface area (Å²) in [4.78, 5) is 35.2. The number of rotatable bonds is 7. The predicted octanol–water partition coefficient (Wildman–Crippen LogP) is 1.70. The molecule has 4 rings (SSSR count). The van der Waals surface area contributed by atoms with E-state index in [-0.39, 0.29) is 17.4 Å². The fourth-order valence-corrected chi connectivity index (χ4v) is 5.41. The fourth-order valence-electron chi connectivity index (χ4n) is 4.44. The molecule has 2 aromatic heterocycles. The second-order valence-electron chi connectivity index (χ2n) is 8.21. The Kier molecular flexibility index (Phi) is 6.67. The van der Waals surface area contributed by atoms with Crippen LogP contribution in [0.3, 0.4) is 0 Å². The third-order valence-corrected chi connectivity index (χ3v) is 7.40. The van der Waals surface area contributed by atoms with Gasteiger partial charge in [0.1, 0.15) is 0 Å². The summed E-state index contributed by atoms with van der Waals surface area (Å²) in [6.45, 7) is 9.46. The van der Waals surface area contributed by atoms with E-state index in [1.165, 1.54) is 15.9 Å². The lowest BCUT2D eigenvalue weighted by atomic mass is 9.96. The molecular formula is C21H32N6O2S. The van der Waals surface area contributed by atoms with E-state index < -0.39 is 0 Å². The zero-order chi connectivity index (χ0) is 21.1. The lowest BCUT2D eigenvalue weighted by Crippen LogP contribution is -2.42. The number of likely N-dealkylation sites (N-methyl/N-ethyl adjacent to an activating group) is 1. The van der Waals surface area contributed by atoms with Crippen LogP contribution in [0.2, 0.25) is 0 Å². The molecule has 0 saturated carbocycles. The molecule has 3 heterocycles. The molecule has 1 aliphatic carbocycles. The van der Waals surface area contributed by atoms with Crippen molar-refractivity contribution in [2.24, 2.45) is 5.92 Å². The number of aromatic nitrogens is 3. The van der Waals surface area contributed by atoms with Crippen molar-refractivity contribution in [1.29, 1.82) is 0 Å². The van der Waals surface area contributed by atoms with Gasteiger partial charge >= 0.3 is 0 Å². The van der Waals surface area contributed by atoms with Crippen LogP contribution >= 0.6 is 11.3 Å². The number of carbonyl (C=O) groups is 1. The summed E-state index contributed by atoms with van der Waals surface area (Å²) in [5.74, 6) is 0.220. The molecule has 1 N–H and O–H groups in total. The van der Waals surface area contributed by atoms with Gasteiger partial charge in [-0.2, -0.15) is 4.52 Å². The molecule has 0 spiro atoms. The van der Waals surface area contributed by atoms with Crippen molar-refractivity contribution < 1.29 is 4.79 Å². The van der Waals surface area contributed by atoms with Crippen LogP contribution in [0.4, 0.5) is 5.13 Å². The number of hydrogen-bond donors (Lipinski definition) is 1. The highest BCUT2D eigenvalue weighted by atomic mass is 32.1. The molecule has 1 saturated heterocycles. The van der Waals surface area contributed by atoms with Crippen LogP contribution in [-0.2, 0) is 17.6 Å². The molecule has 0 radical (unpaired) electrons. The Labute approximate surface area is 181 Å². The number of piperidine rings is 1. The molecular weight excluding hydrogens is 400 g/mol. The van der Waals surface area contributed by atoms with E-state index in [9.17, 15) is 9.59 Å². The highest BCUT2D eigenvalue weighted by Crippen LogP contribution is 2.28. The van der Waals surface area contributed by atoms with Gasteiger partial charge in [0, 0.05) is 37.7 Å². The maximum Gasteiger partial charge on any atom is 0.278 e. The van der Waals surface area contributed by atoms with Crippen LogP contribution in [0.1, 0.15) is 50.8 Å². The Morgan fingerprint density at radius 2 is 1.93 bits per heavy atom. The van der Waals surface area contributed by atoms with Crippen LogP contribution in [0.5, 0.6) is 0 Å². The second kappa shape index (κ2) is 9.43. The average Bonchev–Trinajstić information content (AvgIpc) is 3.21. The van der Waals surface area contributed by atoms with Gasteiger partial charge in [0.15, 0.2) is 0 Å². The molecule has 0 unspecified atom stereocenters. The normalized spacial score (nSPS) is 17.5. The Balaban J connectivity index is 1.36. The number of anilines is 1. The zero-order valence-corrected chi connectivity index (χ0v) is 18.8. The van der Waals surface area contributed by atoms with E-state index in [2.05, 4.69) is 34.1 Å². The summed E-state index contributed by atoms with van der Waals surface area (Å²) in [6.07, 6.45) is 5.48. The van der Waals surface area contributed by atoms with E-state index in [0.717, 1.165) is 87.6 Å². The maximum atomic E-state index is 12.8. The van der Waals surface area contributed by atoms with Gasteiger partial charge in [-0.05, 0) is 51.6 Å². The Morgan fingerprint density at radius 1 is 1.20 bits per heavy atom. The SMILES string of the molecule is CCN(CC)CCNC(=O)C1CCN(c2nn3c(=O)c4c(nc3s2)CCCC4)CC1. The van der Waals surface area contributed by atoms with Crippen molar-refractivity contribution in [3.8, 4) is 0 Å². The zero-order valence-electron chi connectivity index (χ0n) is 18.0. The maximum absolute atomic E-state index is 12.8. The highest BCUT2D eigenvalue weighted by Gasteiger charge is 2.27. The van der Waals surface area contributed by atoms with Crippen molar-refractivity contribution in [3.05, 3.63) is 21.6 Å². The van der Waals surface area contributed by atoms with Gasteiger partial charge in [-0.25, -0.2) is 4.98 Å². The molecule has 0 atom stereocenters. The number of aryl methyl sites for hydroxylation is 1. The number of nitrogens with zero attached hydrogens (tertiary/aromatic N) is 5. The summed E-state index contributed by atoms with van der Waals surface area (Å²) < 4.78 is 1.48. The van der Waals surface area contributed by atoms with Crippen LogP contribution in [0.25, 0.3) is 4.96 Å². The smallest absolute Gasteiger partial charge is 0.278 e. The van der Waals surface area contributed by atoms with Gasteiger partial charge in [0.25, 0.3) is 5.56 Å². The molecule has 1 fully saturated rings. The van der Waals surface area contributed by atoms with Crippen molar-refractivity contribution in [2.45, 2.75) is 52.4 Å². The predicted molar refractivity (Wildman–Crippen MR) is 120 cm³/mol. The van der Waals surface area contributed by atoms with Crippen LogP contribution < -0.4 is 15.8 Å². The third kappa shape index (κ3) is 4.37. The minimum absolute atomic E-state index is 0.000309. The first kappa shape index (κ1) is 21.2. The fraction of sp³-hybridized carbons (Fsp3) is 0.714. The van der Waals surface area contributed by atoms with Crippen molar-refractivity contribution in [1.82, 2.24) is 24.8 Å². The van der Waals surface area contributed by atoms with E-state index in [1.807, 2.05) is 0 Å². The molecule has 30 heavy (non-hydrogen) atoms. The number of fused-ring (bicyclic) bond motifs is 2. The van der Waals surface area contributed by atoms with Crippen molar-refractivity contribution >= 4 is 27.3 Å². The van der Waals surface area contributed by atoms with Gasteiger partial charge in [-0.3, -0.25) is 9.59 Å². The number of hydrogen-bond acceptors (Lipinski definition) is 7. The largest absolute Gasteiger partial charge is 0.355 e.